The summed E-state index contributed by atoms with van der Waals surface area (Å²) in [5.74, 6) is -0.314. The zero-order valence-electron chi connectivity index (χ0n) is 14.0. The second-order valence-corrected chi connectivity index (χ2v) is 5.61. The number of ether oxygens (including phenoxy) is 1. The fourth-order valence-electron chi connectivity index (χ4n) is 2.24. The van der Waals surface area contributed by atoms with E-state index >= 15 is 0 Å². The molecule has 2 aromatic rings. The van der Waals surface area contributed by atoms with Crippen LogP contribution in [0.5, 0.6) is 0 Å². The fraction of sp³-hybridized carbons (Fsp3) is 0.263. The number of nitrogens with one attached hydrogen (secondary N) is 1. The highest BCUT2D eigenvalue weighted by Crippen LogP contribution is 2.13. The largest absolute Gasteiger partial charge is 0.462 e. The Morgan fingerprint density at radius 1 is 1.08 bits per heavy atom. The minimum Gasteiger partial charge on any atom is -0.462 e. The van der Waals surface area contributed by atoms with Crippen LogP contribution in [-0.2, 0) is 11.3 Å². The molecule has 5 heteroatoms. The Morgan fingerprint density at radius 2 is 1.75 bits per heavy atom. The van der Waals surface area contributed by atoms with E-state index in [0.717, 1.165) is 18.8 Å². The summed E-state index contributed by atoms with van der Waals surface area (Å²) in [5, 5.41) is 3.87. The Hall–Kier alpha value is -2.40. The van der Waals surface area contributed by atoms with Gasteiger partial charge in [0.15, 0.2) is 5.11 Å². The highest BCUT2D eigenvalue weighted by molar-refractivity contribution is 7.80. The molecule has 0 saturated heterocycles. The number of benzene rings is 2. The van der Waals surface area contributed by atoms with Gasteiger partial charge in [-0.2, -0.15) is 0 Å². The summed E-state index contributed by atoms with van der Waals surface area (Å²) < 4.78 is 4.98. The second kappa shape index (κ2) is 9.03. The minimum absolute atomic E-state index is 0.314. The maximum absolute atomic E-state index is 11.7. The molecule has 2 aromatic carbocycles. The maximum Gasteiger partial charge on any atom is 0.338 e. The molecule has 126 valence electrons. The maximum atomic E-state index is 11.7. The van der Waals surface area contributed by atoms with Crippen molar-refractivity contribution < 1.29 is 9.53 Å². The molecule has 2 rings (SSSR count). The lowest BCUT2D eigenvalue weighted by Gasteiger charge is -2.24. The lowest BCUT2D eigenvalue weighted by atomic mass is 10.2. The van der Waals surface area contributed by atoms with Crippen LogP contribution in [0.1, 0.15) is 29.8 Å². The molecule has 0 atom stereocenters. The number of thiocarbonyl (C=S) groups is 1. The zero-order valence-corrected chi connectivity index (χ0v) is 14.8. The van der Waals surface area contributed by atoms with E-state index in [2.05, 4.69) is 29.3 Å². The Balaban J connectivity index is 1.98. The van der Waals surface area contributed by atoms with E-state index in [9.17, 15) is 4.79 Å². The van der Waals surface area contributed by atoms with Gasteiger partial charge in [0.2, 0.25) is 0 Å². The average Bonchev–Trinajstić information content (AvgIpc) is 2.61. The van der Waals surface area contributed by atoms with E-state index in [4.69, 9.17) is 17.0 Å². The molecule has 0 fully saturated rings. The summed E-state index contributed by atoms with van der Waals surface area (Å²) in [4.78, 5) is 13.7. The quantitative estimate of drug-likeness (QED) is 0.633. The molecule has 0 aliphatic carbocycles. The Bertz CT molecular complexity index is 672. The van der Waals surface area contributed by atoms with Gasteiger partial charge in [-0.25, -0.2) is 4.79 Å². The van der Waals surface area contributed by atoms with Crippen molar-refractivity contribution in [2.24, 2.45) is 0 Å². The van der Waals surface area contributed by atoms with Crippen LogP contribution in [0.3, 0.4) is 0 Å². The van der Waals surface area contributed by atoms with Gasteiger partial charge >= 0.3 is 5.97 Å². The van der Waals surface area contributed by atoms with Gasteiger partial charge in [-0.15, -0.1) is 0 Å². The third-order valence-electron chi connectivity index (χ3n) is 3.53. The van der Waals surface area contributed by atoms with Crippen molar-refractivity contribution in [1.82, 2.24) is 4.90 Å². The van der Waals surface area contributed by atoms with Gasteiger partial charge in [-0.1, -0.05) is 30.3 Å². The lowest BCUT2D eigenvalue weighted by Crippen LogP contribution is -2.34. The molecule has 24 heavy (non-hydrogen) atoms. The highest BCUT2D eigenvalue weighted by Gasteiger charge is 2.10. The molecule has 0 spiro atoms. The normalized spacial score (nSPS) is 10.1. The molecule has 0 radical (unpaired) electrons. The van der Waals surface area contributed by atoms with Gasteiger partial charge < -0.3 is 15.0 Å². The highest BCUT2D eigenvalue weighted by atomic mass is 32.1. The molecule has 0 saturated carbocycles. The van der Waals surface area contributed by atoms with E-state index < -0.39 is 0 Å². The molecular weight excluding hydrogens is 320 g/mol. The number of hydrogen-bond donors (Lipinski definition) is 1. The van der Waals surface area contributed by atoms with E-state index in [1.165, 1.54) is 5.56 Å². The Labute approximate surface area is 148 Å². The number of esters is 1. The molecule has 0 heterocycles. The van der Waals surface area contributed by atoms with Crippen molar-refractivity contribution in [1.29, 1.82) is 0 Å². The first kappa shape index (κ1) is 17.9. The predicted molar refractivity (Wildman–Crippen MR) is 101 cm³/mol. The Kier molecular flexibility index (Phi) is 6.75. The SMILES string of the molecule is CCOC(=O)c1ccc(NC(=S)N(CC)Cc2ccccc2)cc1. The van der Waals surface area contributed by atoms with Crippen LogP contribution in [0.4, 0.5) is 5.69 Å². The van der Waals surface area contributed by atoms with Gasteiger partial charge in [0, 0.05) is 18.8 Å². The van der Waals surface area contributed by atoms with E-state index in [-0.39, 0.29) is 5.97 Å². The number of anilines is 1. The van der Waals surface area contributed by atoms with Gasteiger partial charge in [0.25, 0.3) is 0 Å². The first-order valence-corrected chi connectivity index (χ1v) is 8.42. The van der Waals surface area contributed by atoms with Gasteiger partial charge in [0.1, 0.15) is 0 Å². The van der Waals surface area contributed by atoms with Crippen molar-refractivity contribution in [2.45, 2.75) is 20.4 Å². The molecule has 0 aromatic heterocycles. The smallest absolute Gasteiger partial charge is 0.338 e. The van der Waals surface area contributed by atoms with E-state index in [1.54, 1.807) is 19.1 Å². The molecule has 1 N–H and O–H groups in total. The molecule has 0 aliphatic rings. The van der Waals surface area contributed by atoms with Crippen LogP contribution in [0, 0.1) is 0 Å². The van der Waals surface area contributed by atoms with Gasteiger partial charge in [-0.3, -0.25) is 0 Å². The minimum atomic E-state index is -0.314. The average molecular weight is 342 g/mol. The standard InChI is InChI=1S/C19H22N2O2S/c1-3-21(14-15-8-6-5-7-9-15)19(24)20-17-12-10-16(11-13-17)18(22)23-4-2/h5-13H,3-4,14H2,1-2H3,(H,20,24). The monoisotopic (exact) mass is 342 g/mol. The number of hydrogen-bond acceptors (Lipinski definition) is 3. The van der Waals surface area contributed by atoms with Crippen molar-refractivity contribution >= 4 is 29.0 Å². The van der Waals surface area contributed by atoms with Crippen molar-refractivity contribution in [3.05, 3.63) is 65.7 Å². The number of carbonyl (C=O) groups excluding carboxylic acids is 1. The van der Waals surface area contributed by atoms with E-state index in [1.807, 2.05) is 30.3 Å². The van der Waals surface area contributed by atoms with Crippen LogP contribution < -0.4 is 5.32 Å². The lowest BCUT2D eigenvalue weighted by molar-refractivity contribution is 0.0526. The molecular formula is C19H22N2O2S. The summed E-state index contributed by atoms with van der Waals surface area (Å²) >= 11 is 5.50. The summed E-state index contributed by atoms with van der Waals surface area (Å²) in [6, 6.07) is 17.3. The number of carbonyl (C=O) groups is 1. The molecule has 0 bridgehead atoms. The van der Waals surface area contributed by atoms with Crippen LogP contribution in [0.2, 0.25) is 0 Å². The number of nitrogens with zero attached hydrogens (tertiary/aromatic N) is 1. The van der Waals surface area contributed by atoms with E-state index in [0.29, 0.717) is 17.3 Å². The van der Waals surface area contributed by atoms with Crippen LogP contribution in [0.15, 0.2) is 54.6 Å². The zero-order chi connectivity index (χ0) is 17.4. The molecule has 4 nitrogen and oxygen atoms in total. The first-order valence-electron chi connectivity index (χ1n) is 8.01. The summed E-state index contributed by atoms with van der Waals surface area (Å²) in [6.07, 6.45) is 0. The van der Waals surface area contributed by atoms with Crippen molar-refractivity contribution in [3.63, 3.8) is 0 Å². The number of rotatable bonds is 6. The molecule has 0 unspecified atom stereocenters. The third kappa shape index (κ3) is 5.06. The van der Waals surface area contributed by atoms with Crippen molar-refractivity contribution in [3.8, 4) is 0 Å². The van der Waals surface area contributed by atoms with Crippen molar-refractivity contribution in [2.75, 3.05) is 18.5 Å². The summed E-state index contributed by atoms with van der Waals surface area (Å²) in [5.41, 5.74) is 2.59. The first-order chi connectivity index (χ1) is 11.6. The fourth-order valence-corrected chi connectivity index (χ4v) is 2.55. The third-order valence-corrected chi connectivity index (χ3v) is 3.89. The van der Waals surface area contributed by atoms with Crippen LogP contribution >= 0.6 is 12.2 Å². The van der Waals surface area contributed by atoms with Crippen LogP contribution in [0.25, 0.3) is 0 Å². The summed E-state index contributed by atoms with van der Waals surface area (Å²) in [6.45, 7) is 5.79. The topological polar surface area (TPSA) is 41.6 Å². The molecule has 0 amide bonds. The Morgan fingerprint density at radius 3 is 2.33 bits per heavy atom. The van der Waals surface area contributed by atoms with Gasteiger partial charge in [-0.05, 0) is 55.9 Å². The van der Waals surface area contributed by atoms with Crippen LogP contribution in [-0.4, -0.2) is 29.1 Å². The summed E-state index contributed by atoms with van der Waals surface area (Å²) in [7, 11) is 0. The molecule has 0 aliphatic heterocycles. The van der Waals surface area contributed by atoms with Gasteiger partial charge in [0.05, 0.1) is 12.2 Å². The predicted octanol–water partition coefficient (Wildman–Crippen LogP) is 4.08. The second-order valence-electron chi connectivity index (χ2n) is 5.23.